The maximum Gasteiger partial charge on any atom is 0.323 e. The Bertz CT molecular complexity index is 1280. The molecule has 0 fully saturated rings. The zero-order chi connectivity index (χ0) is 22.7. The van der Waals surface area contributed by atoms with Gasteiger partial charge in [0.05, 0.1) is 11.9 Å². The lowest BCUT2D eigenvalue weighted by Gasteiger charge is -2.16. The number of nitrogens with one attached hydrogen (secondary N) is 3. The van der Waals surface area contributed by atoms with Crippen LogP contribution in [0.25, 0.3) is 0 Å². The van der Waals surface area contributed by atoms with E-state index < -0.39 is 16.1 Å². The van der Waals surface area contributed by atoms with Gasteiger partial charge < -0.3 is 16.0 Å². The number of urea groups is 1. The number of rotatable bonds is 5. The molecule has 1 aliphatic rings. The third-order valence-electron chi connectivity index (χ3n) is 5.00. The molecule has 8 nitrogen and oxygen atoms in total. The quantitative estimate of drug-likeness (QED) is 0.548. The molecule has 0 bridgehead atoms. The Morgan fingerprint density at radius 2 is 1.47 bits per heavy atom. The van der Waals surface area contributed by atoms with Crippen molar-refractivity contribution >= 4 is 44.7 Å². The SMILES string of the molecule is CS(=O)(=O)N1CCc2cc(C(=O)Nc3cccc(NC(=O)Nc4ccccc4)c3)ccc21. The van der Waals surface area contributed by atoms with Gasteiger partial charge in [-0.1, -0.05) is 24.3 Å². The summed E-state index contributed by atoms with van der Waals surface area (Å²) in [4.78, 5) is 24.9. The van der Waals surface area contributed by atoms with Crippen LogP contribution in [0.3, 0.4) is 0 Å². The van der Waals surface area contributed by atoms with Gasteiger partial charge in [0, 0.05) is 29.2 Å². The molecule has 32 heavy (non-hydrogen) atoms. The van der Waals surface area contributed by atoms with E-state index in [1.807, 2.05) is 18.2 Å². The van der Waals surface area contributed by atoms with E-state index in [9.17, 15) is 18.0 Å². The molecule has 0 unspecified atom stereocenters. The Kier molecular flexibility index (Phi) is 5.83. The molecule has 3 amide bonds. The number of fused-ring (bicyclic) bond motifs is 1. The van der Waals surface area contributed by atoms with Gasteiger partial charge in [0.15, 0.2) is 0 Å². The average Bonchev–Trinajstić information content (AvgIpc) is 3.18. The van der Waals surface area contributed by atoms with E-state index >= 15 is 0 Å². The highest BCUT2D eigenvalue weighted by Crippen LogP contribution is 2.31. The van der Waals surface area contributed by atoms with Crippen molar-refractivity contribution < 1.29 is 18.0 Å². The van der Waals surface area contributed by atoms with Crippen LogP contribution in [0.2, 0.25) is 0 Å². The molecule has 0 aliphatic carbocycles. The van der Waals surface area contributed by atoms with Gasteiger partial charge in [-0.3, -0.25) is 9.10 Å². The first-order chi connectivity index (χ1) is 15.3. The van der Waals surface area contributed by atoms with Gasteiger partial charge >= 0.3 is 6.03 Å². The lowest BCUT2D eigenvalue weighted by molar-refractivity contribution is 0.102. The van der Waals surface area contributed by atoms with Crippen LogP contribution < -0.4 is 20.3 Å². The fraction of sp³-hybridized carbons (Fsp3) is 0.130. The van der Waals surface area contributed by atoms with Gasteiger partial charge in [-0.05, 0) is 60.5 Å². The number of anilines is 4. The second-order valence-corrected chi connectivity index (χ2v) is 9.32. The molecule has 3 N–H and O–H groups in total. The van der Waals surface area contributed by atoms with E-state index in [1.165, 1.54) is 10.6 Å². The van der Waals surface area contributed by atoms with E-state index in [2.05, 4.69) is 16.0 Å². The number of nitrogens with zero attached hydrogens (tertiary/aromatic N) is 1. The van der Waals surface area contributed by atoms with Crippen molar-refractivity contribution in [2.45, 2.75) is 6.42 Å². The van der Waals surface area contributed by atoms with E-state index in [4.69, 9.17) is 0 Å². The lowest BCUT2D eigenvalue weighted by Crippen LogP contribution is -2.27. The summed E-state index contributed by atoms with van der Waals surface area (Å²) >= 11 is 0. The maximum absolute atomic E-state index is 12.7. The Balaban J connectivity index is 1.43. The topological polar surface area (TPSA) is 108 Å². The van der Waals surface area contributed by atoms with Crippen LogP contribution in [0, 0.1) is 0 Å². The van der Waals surface area contributed by atoms with Crippen molar-refractivity contribution in [1.29, 1.82) is 0 Å². The maximum atomic E-state index is 12.7. The number of benzene rings is 3. The number of carbonyl (C=O) groups excluding carboxylic acids is 2. The fourth-order valence-electron chi connectivity index (χ4n) is 3.55. The fourth-order valence-corrected chi connectivity index (χ4v) is 4.51. The minimum absolute atomic E-state index is 0.323. The predicted octanol–water partition coefficient (Wildman–Crippen LogP) is 3.91. The first-order valence-corrected chi connectivity index (χ1v) is 11.8. The van der Waals surface area contributed by atoms with Crippen LogP contribution in [-0.2, 0) is 16.4 Å². The van der Waals surface area contributed by atoms with E-state index in [1.54, 1.807) is 54.6 Å². The van der Waals surface area contributed by atoms with Crippen molar-refractivity contribution in [3.05, 3.63) is 83.9 Å². The average molecular weight is 451 g/mol. The van der Waals surface area contributed by atoms with Crippen molar-refractivity contribution in [1.82, 2.24) is 0 Å². The van der Waals surface area contributed by atoms with Gasteiger partial charge in [0.1, 0.15) is 0 Å². The summed E-state index contributed by atoms with van der Waals surface area (Å²) in [5.41, 5.74) is 3.57. The third-order valence-corrected chi connectivity index (χ3v) is 6.18. The Morgan fingerprint density at radius 3 is 2.19 bits per heavy atom. The zero-order valence-electron chi connectivity index (χ0n) is 17.3. The molecular formula is C23H22N4O4S. The molecule has 9 heteroatoms. The van der Waals surface area contributed by atoms with E-state index in [0.29, 0.717) is 41.3 Å². The van der Waals surface area contributed by atoms with Gasteiger partial charge in [0.2, 0.25) is 10.0 Å². The van der Waals surface area contributed by atoms with Gasteiger partial charge in [-0.15, -0.1) is 0 Å². The van der Waals surface area contributed by atoms with Gasteiger partial charge in [0.25, 0.3) is 5.91 Å². The summed E-state index contributed by atoms with van der Waals surface area (Å²) in [6, 6.07) is 20.5. The summed E-state index contributed by atoms with van der Waals surface area (Å²) in [5, 5.41) is 8.27. The smallest absolute Gasteiger partial charge is 0.322 e. The number of carbonyl (C=O) groups is 2. The van der Waals surface area contributed by atoms with Crippen LogP contribution in [0.4, 0.5) is 27.5 Å². The Hall–Kier alpha value is -3.85. The summed E-state index contributed by atoms with van der Waals surface area (Å²) in [7, 11) is -3.34. The molecule has 0 atom stereocenters. The lowest BCUT2D eigenvalue weighted by atomic mass is 10.1. The number of para-hydroxylation sites is 1. The van der Waals surface area contributed by atoms with Crippen LogP contribution >= 0.6 is 0 Å². The molecule has 0 aromatic heterocycles. The second kappa shape index (κ2) is 8.72. The molecule has 0 saturated carbocycles. The predicted molar refractivity (Wildman–Crippen MR) is 126 cm³/mol. The van der Waals surface area contributed by atoms with Crippen LogP contribution in [0.5, 0.6) is 0 Å². The molecule has 0 spiro atoms. The molecule has 164 valence electrons. The Labute approximate surface area is 186 Å². The summed E-state index contributed by atoms with van der Waals surface area (Å²) in [6.45, 7) is 0.373. The van der Waals surface area contributed by atoms with Gasteiger partial charge in [-0.2, -0.15) is 0 Å². The first-order valence-electron chi connectivity index (χ1n) is 9.95. The Morgan fingerprint density at radius 1 is 0.812 bits per heavy atom. The molecule has 3 aromatic carbocycles. The molecule has 3 aromatic rings. The minimum Gasteiger partial charge on any atom is -0.322 e. The number of sulfonamides is 1. The van der Waals surface area contributed by atoms with Crippen LogP contribution in [-0.4, -0.2) is 33.2 Å². The normalized spacial score (nSPS) is 12.7. The largest absolute Gasteiger partial charge is 0.323 e. The first kappa shape index (κ1) is 21.4. The summed E-state index contributed by atoms with van der Waals surface area (Å²) in [6.07, 6.45) is 1.73. The standard InChI is InChI=1S/C23H22N4O4S/c1-32(30,31)27-13-12-16-14-17(10-11-21(16)27)22(28)24-19-8-5-9-20(15-19)26-23(29)25-18-6-3-2-4-7-18/h2-11,14-15H,12-13H2,1H3,(H,24,28)(H2,25,26,29). The van der Waals surface area contributed by atoms with Crippen molar-refractivity contribution in [2.24, 2.45) is 0 Å². The highest BCUT2D eigenvalue weighted by atomic mass is 32.2. The zero-order valence-corrected chi connectivity index (χ0v) is 18.1. The second-order valence-electron chi connectivity index (χ2n) is 7.41. The van der Waals surface area contributed by atoms with Crippen LogP contribution in [0.1, 0.15) is 15.9 Å². The van der Waals surface area contributed by atoms with Crippen LogP contribution in [0.15, 0.2) is 72.8 Å². The number of hydrogen-bond donors (Lipinski definition) is 3. The summed E-state index contributed by atoms with van der Waals surface area (Å²) < 4.78 is 25.1. The highest BCUT2D eigenvalue weighted by molar-refractivity contribution is 7.92. The molecular weight excluding hydrogens is 428 g/mol. The minimum atomic E-state index is -3.34. The van der Waals surface area contributed by atoms with E-state index in [0.717, 1.165) is 5.56 Å². The van der Waals surface area contributed by atoms with Crippen molar-refractivity contribution in [2.75, 3.05) is 33.1 Å². The molecule has 1 aliphatic heterocycles. The third kappa shape index (κ3) is 4.89. The summed E-state index contributed by atoms with van der Waals surface area (Å²) in [5.74, 6) is -0.323. The number of hydrogen-bond acceptors (Lipinski definition) is 4. The van der Waals surface area contributed by atoms with Crippen molar-refractivity contribution in [3.63, 3.8) is 0 Å². The monoisotopic (exact) mass is 450 g/mol. The van der Waals surface area contributed by atoms with E-state index in [-0.39, 0.29) is 5.91 Å². The molecule has 0 saturated heterocycles. The molecule has 0 radical (unpaired) electrons. The molecule has 4 rings (SSSR count). The highest BCUT2D eigenvalue weighted by Gasteiger charge is 2.26. The number of amides is 3. The molecule has 1 heterocycles. The van der Waals surface area contributed by atoms with Gasteiger partial charge in [-0.25, -0.2) is 13.2 Å². The van der Waals surface area contributed by atoms with Crippen molar-refractivity contribution in [3.8, 4) is 0 Å².